The molecule has 0 N–H and O–H groups in total. The molecule has 0 fully saturated rings. The normalized spacial score (nSPS) is 11.6. The van der Waals surface area contributed by atoms with Crippen molar-refractivity contribution in [1.82, 2.24) is 0 Å². The highest BCUT2D eigenvalue weighted by Crippen LogP contribution is 2.36. The molecular formula is C12H6Cl4O2S. The van der Waals surface area contributed by atoms with Crippen LogP contribution >= 0.6 is 46.4 Å². The molecule has 0 aliphatic heterocycles. The van der Waals surface area contributed by atoms with Crippen LogP contribution in [0.15, 0.2) is 46.2 Å². The van der Waals surface area contributed by atoms with Crippen molar-refractivity contribution in [2.75, 3.05) is 0 Å². The first-order valence-corrected chi connectivity index (χ1v) is 7.97. The second-order valence-corrected chi connectivity index (χ2v) is 7.15. The second kappa shape index (κ2) is 5.51. The maximum atomic E-state index is 12.5. The van der Waals surface area contributed by atoms with E-state index < -0.39 is 9.84 Å². The average molecular weight is 356 g/mol. The van der Waals surface area contributed by atoms with Crippen molar-refractivity contribution < 1.29 is 8.42 Å². The SMILES string of the molecule is O=S(=O)(c1ccccc1Cl)c1cc(Cl)c(Cl)cc1Cl. The van der Waals surface area contributed by atoms with Crippen LogP contribution in [0.2, 0.25) is 20.1 Å². The van der Waals surface area contributed by atoms with Gasteiger partial charge in [-0.15, -0.1) is 0 Å². The Kier molecular flexibility index (Phi) is 4.33. The molecule has 0 unspecified atom stereocenters. The lowest BCUT2D eigenvalue weighted by Crippen LogP contribution is -2.03. The fourth-order valence-electron chi connectivity index (χ4n) is 1.49. The molecule has 0 heterocycles. The van der Waals surface area contributed by atoms with Crippen LogP contribution in [-0.4, -0.2) is 8.42 Å². The van der Waals surface area contributed by atoms with Gasteiger partial charge in [0.1, 0.15) is 0 Å². The molecule has 0 saturated carbocycles. The van der Waals surface area contributed by atoms with Gasteiger partial charge in [-0.1, -0.05) is 58.5 Å². The third-order valence-electron chi connectivity index (χ3n) is 2.39. The summed E-state index contributed by atoms with van der Waals surface area (Å²) in [5, 5.41) is 0.403. The summed E-state index contributed by atoms with van der Waals surface area (Å²) in [6.07, 6.45) is 0. The first-order chi connectivity index (χ1) is 8.84. The molecule has 0 amide bonds. The summed E-state index contributed by atoms with van der Waals surface area (Å²) >= 11 is 23.4. The number of halogens is 4. The van der Waals surface area contributed by atoms with Crippen LogP contribution in [0.5, 0.6) is 0 Å². The summed E-state index contributed by atoms with van der Waals surface area (Å²) < 4.78 is 24.9. The van der Waals surface area contributed by atoms with E-state index in [0.717, 1.165) is 0 Å². The Bertz CT molecular complexity index is 741. The number of hydrogen-bond acceptors (Lipinski definition) is 2. The van der Waals surface area contributed by atoms with E-state index in [1.807, 2.05) is 0 Å². The molecule has 0 aliphatic carbocycles. The van der Waals surface area contributed by atoms with Crippen molar-refractivity contribution in [3.63, 3.8) is 0 Å². The summed E-state index contributed by atoms with van der Waals surface area (Å²) in [6, 6.07) is 8.60. The fraction of sp³-hybridized carbons (Fsp3) is 0. The molecule has 0 aliphatic rings. The van der Waals surface area contributed by atoms with E-state index >= 15 is 0 Å². The highest BCUT2D eigenvalue weighted by atomic mass is 35.5. The average Bonchev–Trinajstić information content (AvgIpc) is 2.34. The van der Waals surface area contributed by atoms with Gasteiger partial charge in [0.2, 0.25) is 9.84 Å². The zero-order chi connectivity index (χ0) is 14.2. The Labute approximate surface area is 130 Å². The largest absolute Gasteiger partial charge is 0.218 e. The topological polar surface area (TPSA) is 34.1 Å². The van der Waals surface area contributed by atoms with Gasteiger partial charge in [0.05, 0.1) is 29.9 Å². The molecule has 2 aromatic rings. The van der Waals surface area contributed by atoms with Gasteiger partial charge in [-0.3, -0.25) is 0 Å². The van der Waals surface area contributed by atoms with Crippen molar-refractivity contribution in [2.45, 2.75) is 9.79 Å². The zero-order valence-corrected chi connectivity index (χ0v) is 13.0. The Hall–Kier alpha value is -0.450. The van der Waals surface area contributed by atoms with Crippen LogP contribution in [0, 0.1) is 0 Å². The van der Waals surface area contributed by atoms with Crippen LogP contribution in [-0.2, 0) is 9.84 Å². The minimum atomic E-state index is -3.85. The molecule has 0 bridgehead atoms. The van der Waals surface area contributed by atoms with Crippen LogP contribution in [0.1, 0.15) is 0 Å². The van der Waals surface area contributed by atoms with E-state index in [4.69, 9.17) is 46.4 Å². The van der Waals surface area contributed by atoms with E-state index in [0.29, 0.717) is 0 Å². The molecular weight excluding hydrogens is 350 g/mol. The first-order valence-electron chi connectivity index (χ1n) is 4.98. The van der Waals surface area contributed by atoms with Crippen LogP contribution in [0.25, 0.3) is 0 Å². The molecule has 7 heteroatoms. The fourth-order valence-corrected chi connectivity index (χ4v) is 4.26. The highest BCUT2D eigenvalue weighted by molar-refractivity contribution is 7.91. The third kappa shape index (κ3) is 2.86. The number of sulfone groups is 1. The van der Waals surface area contributed by atoms with Gasteiger partial charge in [0.15, 0.2) is 0 Å². The van der Waals surface area contributed by atoms with Gasteiger partial charge >= 0.3 is 0 Å². The Morgan fingerprint density at radius 1 is 0.684 bits per heavy atom. The van der Waals surface area contributed by atoms with E-state index in [9.17, 15) is 8.42 Å². The summed E-state index contributed by atoms with van der Waals surface area (Å²) in [6.45, 7) is 0. The van der Waals surface area contributed by atoms with Crippen molar-refractivity contribution in [2.24, 2.45) is 0 Å². The smallest absolute Gasteiger partial charge is 0.209 e. The summed E-state index contributed by atoms with van der Waals surface area (Å²) in [7, 11) is -3.85. The second-order valence-electron chi connectivity index (χ2n) is 3.63. The molecule has 100 valence electrons. The van der Waals surface area contributed by atoms with Crippen molar-refractivity contribution >= 4 is 56.2 Å². The minimum absolute atomic E-state index is 0.00526. The number of benzene rings is 2. The van der Waals surface area contributed by atoms with Gasteiger partial charge < -0.3 is 0 Å². The summed E-state index contributed by atoms with van der Waals surface area (Å²) in [5.74, 6) is 0. The molecule has 2 rings (SSSR count). The maximum Gasteiger partial charge on any atom is 0.209 e. The monoisotopic (exact) mass is 354 g/mol. The Morgan fingerprint density at radius 3 is 1.89 bits per heavy atom. The molecule has 2 aromatic carbocycles. The standard InChI is InChI=1S/C12H6Cl4O2S/c13-7-3-1-2-4-11(7)19(17,18)12-6-9(15)8(14)5-10(12)16/h1-6H. The molecule has 0 aromatic heterocycles. The van der Waals surface area contributed by atoms with Crippen LogP contribution in [0.3, 0.4) is 0 Å². The van der Waals surface area contributed by atoms with E-state index in [-0.39, 0.29) is 29.9 Å². The van der Waals surface area contributed by atoms with Crippen molar-refractivity contribution in [3.05, 3.63) is 56.5 Å². The van der Waals surface area contributed by atoms with Gasteiger partial charge in [0, 0.05) is 0 Å². The Balaban J connectivity index is 2.71. The van der Waals surface area contributed by atoms with Crippen LogP contribution in [0.4, 0.5) is 0 Å². The van der Waals surface area contributed by atoms with Crippen molar-refractivity contribution in [1.29, 1.82) is 0 Å². The highest BCUT2D eigenvalue weighted by Gasteiger charge is 2.24. The maximum absolute atomic E-state index is 12.5. The Morgan fingerprint density at radius 2 is 1.26 bits per heavy atom. The lowest BCUT2D eigenvalue weighted by molar-refractivity contribution is 0.596. The number of hydrogen-bond donors (Lipinski definition) is 0. The van der Waals surface area contributed by atoms with Gasteiger partial charge in [0.25, 0.3) is 0 Å². The molecule has 0 radical (unpaired) electrons. The molecule has 0 atom stereocenters. The lowest BCUT2D eigenvalue weighted by atomic mass is 10.3. The van der Waals surface area contributed by atoms with Crippen LogP contribution < -0.4 is 0 Å². The predicted octanol–water partition coefficient (Wildman–Crippen LogP) is 5.13. The van der Waals surface area contributed by atoms with E-state index in [1.54, 1.807) is 12.1 Å². The van der Waals surface area contributed by atoms with Gasteiger partial charge in [-0.2, -0.15) is 0 Å². The van der Waals surface area contributed by atoms with E-state index in [1.165, 1.54) is 24.3 Å². The molecule has 2 nitrogen and oxygen atoms in total. The van der Waals surface area contributed by atoms with E-state index in [2.05, 4.69) is 0 Å². The molecule has 0 spiro atoms. The lowest BCUT2D eigenvalue weighted by Gasteiger charge is -2.09. The first kappa shape index (κ1) is 14.9. The van der Waals surface area contributed by atoms with Crippen molar-refractivity contribution in [3.8, 4) is 0 Å². The minimum Gasteiger partial charge on any atom is -0.218 e. The number of rotatable bonds is 2. The van der Waals surface area contributed by atoms with Gasteiger partial charge in [-0.25, -0.2) is 8.42 Å². The quantitative estimate of drug-likeness (QED) is 0.699. The molecule has 19 heavy (non-hydrogen) atoms. The summed E-state index contributed by atoms with van der Waals surface area (Å²) in [4.78, 5) is -0.159. The summed E-state index contributed by atoms with van der Waals surface area (Å²) in [5.41, 5.74) is 0. The molecule has 0 saturated heterocycles. The predicted molar refractivity (Wildman–Crippen MR) is 78.4 cm³/mol. The third-order valence-corrected chi connectivity index (χ3v) is 5.83. The zero-order valence-electron chi connectivity index (χ0n) is 9.20. The van der Waals surface area contributed by atoms with Gasteiger partial charge in [-0.05, 0) is 24.3 Å².